The van der Waals surface area contributed by atoms with Crippen LogP contribution < -0.4 is 0 Å². The van der Waals surface area contributed by atoms with Crippen molar-refractivity contribution in [2.45, 2.75) is 277 Å². The van der Waals surface area contributed by atoms with E-state index in [-0.39, 0.29) is 31.1 Å². The number of unbranched alkanes of at least 4 members (excludes halogenated alkanes) is 28. The van der Waals surface area contributed by atoms with Crippen LogP contribution in [0.1, 0.15) is 271 Å². The minimum atomic E-state index is -0.783. The van der Waals surface area contributed by atoms with Crippen LogP contribution >= 0.6 is 0 Å². The number of hydrogen-bond acceptors (Lipinski definition) is 6. The molecule has 6 nitrogen and oxygen atoms in total. The normalized spacial score (nSPS) is 12.5. The zero-order valence-corrected chi connectivity index (χ0v) is 42.3. The summed E-state index contributed by atoms with van der Waals surface area (Å²) in [6, 6.07) is 0. The second-order valence-corrected chi connectivity index (χ2v) is 18.1. The summed E-state index contributed by atoms with van der Waals surface area (Å²) in [5, 5.41) is 0. The average Bonchev–Trinajstić information content (AvgIpc) is 3.29. The van der Waals surface area contributed by atoms with Gasteiger partial charge in [0.15, 0.2) is 6.10 Å². The topological polar surface area (TPSA) is 78.9 Å². The van der Waals surface area contributed by atoms with Crippen molar-refractivity contribution in [3.05, 3.63) is 60.8 Å². The predicted octanol–water partition coefficient (Wildman–Crippen LogP) is 18.0. The quantitative estimate of drug-likeness (QED) is 0.0262. The minimum Gasteiger partial charge on any atom is -0.462 e. The molecule has 0 fully saturated rings. The molecule has 0 saturated heterocycles. The maximum Gasteiger partial charge on any atom is 0.306 e. The molecule has 0 bridgehead atoms. The summed E-state index contributed by atoms with van der Waals surface area (Å²) in [4.78, 5) is 38.0. The van der Waals surface area contributed by atoms with Crippen LogP contribution in [0, 0.1) is 0 Å². The van der Waals surface area contributed by atoms with Gasteiger partial charge in [-0.25, -0.2) is 0 Å². The Bertz CT molecular complexity index is 1170. The molecule has 0 aromatic carbocycles. The van der Waals surface area contributed by atoms with Gasteiger partial charge in [-0.3, -0.25) is 14.4 Å². The third kappa shape index (κ3) is 50.1. The Labute approximate surface area is 396 Å². The molecule has 0 aromatic rings. The maximum atomic E-state index is 12.8. The molecule has 1 unspecified atom stereocenters. The van der Waals surface area contributed by atoms with E-state index in [4.69, 9.17) is 14.2 Å². The van der Waals surface area contributed by atoms with Crippen LogP contribution in [0.2, 0.25) is 0 Å². The number of allylic oxidation sites excluding steroid dienone is 10. The Morgan fingerprint density at radius 3 is 1.02 bits per heavy atom. The molecule has 0 rings (SSSR count). The summed E-state index contributed by atoms with van der Waals surface area (Å²) < 4.78 is 16.8. The Kier molecular flexibility index (Phi) is 50.4. The first-order valence-electron chi connectivity index (χ1n) is 27.3. The maximum absolute atomic E-state index is 12.8. The highest BCUT2D eigenvalue weighted by Crippen LogP contribution is 2.15. The lowest BCUT2D eigenvalue weighted by Crippen LogP contribution is -2.30. The molecule has 0 spiro atoms. The van der Waals surface area contributed by atoms with Gasteiger partial charge in [-0.15, -0.1) is 0 Å². The third-order valence-corrected chi connectivity index (χ3v) is 11.7. The summed E-state index contributed by atoms with van der Waals surface area (Å²) in [6.07, 6.45) is 64.9. The lowest BCUT2D eigenvalue weighted by atomic mass is 10.1. The van der Waals surface area contributed by atoms with Crippen LogP contribution in [0.4, 0.5) is 0 Å². The standard InChI is InChI=1S/C58H102O6/c1-4-7-10-13-16-19-22-24-26-28-30-31-33-36-39-42-45-48-51-57(60)63-54-55(53-62-56(59)50-47-44-41-38-35-21-18-15-12-9-6-3)64-58(61)52-49-46-43-40-37-34-32-29-27-25-23-20-17-14-11-8-5-2/h8,11,15,17-18,20,25-28,55H,4-7,9-10,12-14,16,19,21-24,29-54H2,1-3H3/b11-8-,18-15-,20-17-,27-25-,28-26-. The SMILES string of the molecule is CC/C=C\C/C=C\C/C=C\CCCCCCCCCC(=O)OC(COC(=O)CCCCCCC/C=C\CCCC)COC(=O)CCCCCCCCC/C=C\CCCCCCCCC. The molecule has 0 heterocycles. The second kappa shape index (κ2) is 52.7. The van der Waals surface area contributed by atoms with Gasteiger partial charge >= 0.3 is 17.9 Å². The largest absolute Gasteiger partial charge is 0.462 e. The smallest absolute Gasteiger partial charge is 0.306 e. The van der Waals surface area contributed by atoms with Gasteiger partial charge in [0.05, 0.1) is 0 Å². The van der Waals surface area contributed by atoms with Gasteiger partial charge in [0, 0.05) is 19.3 Å². The number of carbonyl (C=O) groups is 3. The first kappa shape index (κ1) is 61.1. The lowest BCUT2D eigenvalue weighted by Gasteiger charge is -2.18. The molecule has 0 radical (unpaired) electrons. The molecule has 1 atom stereocenters. The van der Waals surface area contributed by atoms with E-state index in [0.717, 1.165) is 89.9 Å². The van der Waals surface area contributed by atoms with Gasteiger partial charge in [0.1, 0.15) is 13.2 Å². The number of hydrogen-bond donors (Lipinski definition) is 0. The molecular weight excluding hydrogens is 793 g/mol. The van der Waals surface area contributed by atoms with Crippen LogP contribution in [0.3, 0.4) is 0 Å². The summed E-state index contributed by atoms with van der Waals surface area (Å²) in [5.41, 5.74) is 0. The van der Waals surface area contributed by atoms with E-state index in [1.807, 2.05) is 0 Å². The van der Waals surface area contributed by atoms with Crippen molar-refractivity contribution >= 4 is 17.9 Å². The zero-order valence-electron chi connectivity index (χ0n) is 42.3. The molecule has 0 aliphatic carbocycles. The molecule has 0 amide bonds. The fraction of sp³-hybridized carbons (Fsp3) is 0.776. The molecule has 0 saturated carbocycles. The van der Waals surface area contributed by atoms with Gasteiger partial charge in [-0.1, -0.05) is 216 Å². The van der Waals surface area contributed by atoms with Gasteiger partial charge in [0.25, 0.3) is 0 Å². The first-order valence-corrected chi connectivity index (χ1v) is 27.3. The van der Waals surface area contributed by atoms with Crippen LogP contribution in [0.5, 0.6) is 0 Å². The fourth-order valence-corrected chi connectivity index (χ4v) is 7.61. The summed E-state index contributed by atoms with van der Waals surface area (Å²) in [7, 11) is 0. The molecular formula is C58H102O6. The summed E-state index contributed by atoms with van der Waals surface area (Å²) >= 11 is 0. The highest BCUT2D eigenvalue weighted by molar-refractivity contribution is 5.71. The highest BCUT2D eigenvalue weighted by Gasteiger charge is 2.19. The van der Waals surface area contributed by atoms with Gasteiger partial charge in [0.2, 0.25) is 0 Å². The van der Waals surface area contributed by atoms with Crippen LogP contribution in [0.25, 0.3) is 0 Å². The zero-order chi connectivity index (χ0) is 46.5. The second-order valence-electron chi connectivity index (χ2n) is 18.1. The fourth-order valence-electron chi connectivity index (χ4n) is 7.61. The molecule has 0 N–H and O–H groups in total. The van der Waals surface area contributed by atoms with Gasteiger partial charge in [-0.05, 0) is 96.3 Å². The van der Waals surface area contributed by atoms with Crippen LogP contribution in [-0.4, -0.2) is 37.2 Å². The predicted molar refractivity (Wildman–Crippen MR) is 275 cm³/mol. The van der Waals surface area contributed by atoms with Crippen molar-refractivity contribution in [1.29, 1.82) is 0 Å². The van der Waals surface area contributed by atoms with Crippen LogP contribution in [-0.2, 0) is 28.6 Å². The van der Waals surface area contributed by atoms with E-state index in [1.165, 1.54) is 141 Å². The van der Waals surface area contributed by atoms with Crippen molar-refractivity contribution in [2.75, 3.05) is 13.2 Å². The minimum absolute atomic E-state index is 0.0826. The van der Waals surface area contributed by atoms with E-state index in [1.54, 1.807) is 0 Å². The molecule has 64 heavy (non-hydrogen) atoms. The molecule has 370 valence electrons. The number of carbonyl (C=O) groups excluding carboxylic acids is 3. The van der Waals surface area contributed by atoms with E-state index in [2.05, 4.69) is 81.5 Å². The Morgan fingerprint density at radius 1 is 0.328 bits per heavy atom. The van der Waals surface area contributed by atoms with Crippen molar-refractivity contribution in [2.24, 2.45) is 0 Å². The van der Waals surface area contributed by atoms with E-state index >= 15 is 0 Å². The van der Waals surface area contributed by atoms with Gasteiger partial charge < -0.3 is 14.2 Å². The lowest BCUT2D eigenvalue weighted by molar-refractivity contribution is -0.167. The molecule has 6 heteroatoms. The van der Waals surface area contributed by atoms with Crippen molar-refractivity contribution < 1.29 is 28.6 Å². The monoisotopic (exact) mass is 895 g/mol. The summed E-state index contributed by atoms with van der Waals surface area (Å²) in [6.45, 7) is 6.48. The van der Waals surface area contributed by atoms with Crippen LogP contribution in [0.15, 0.2) is 60.8 Å². The number of ether oxygens (including phenoxy) is 3. The third-order valence-electron chi connectivity index (χ3n) is 11.7. The number of esters is 3. The van der Waals surface area contributed by atoms with Crippen molar-refractivity contribution in [3.8, 4) is 0 Å². The average molecular weight is 895 g/mol. The Hall–Kier alpha value is -2.89. The summed E-state index contributed by atoms with van der Waals surface area (Å²) in [5.74, 6) is -0.900. The number of rotatable bonds is 49. The van der Waals surface area contributed by atoms with E-state index in [0.29, 0.717) is 19.3 Å². The molecule has 0 aliphatic rings. The van der Waals surface area contributed by atoms with Gasteiger partial charge in [-0.2, -0.15) is 0 Å². The van der Waals surface area contributed by atoms with E-state index < -0.39 is 6.10 Å². The van der Waals surface area contributed by atoms with Crippen molar-refractivity contribution in [3.63, 3.8) is 0 Å². The first-order chi connectivity index (χ1) is 31.5. The Morgan fingerprint density at radius 2 is 0.625 bits per heavy atom. The van der Waals surface area contributed by atoms with E-state index in [9.17, 15) is 14.4 Å². The van der Waals surface area contributed by atoms with Crippen molar-refractivity contribution in [1.82, 2.24) is 0 Å². The molecule has 0 aliphatic heterocycles. The Balaban J connectivity index is 4.36. The highest BCUT2D eigenvalue weighted by atomic mass is 16.6. The molecule has 0 aromatic heterocycles.